The van der Waals surface area contributed by atoms with Gasteiger partial charge >= 0.3 is 0 Å². The van der Waals surface area contributed by atoms with Crippen LogP contribution in [-0.2, 0) is 0 Å². The summed E-state index contributed by atoms with van der Waals surface area (Å²) >= 11 is 0. The van der Waals surface area contributed by atoms with Gasteiger partial charge in [0.2, 0.25) is 0 Å². The summed E-state index contributed by atoms with van der Waals surface area (Å²) in [4.78, 5) is 2.06. The molecule has 0 atom stereocenters. The van der Waals surface area contributed by atoms with Crippen LogP contribution >= 0.6 is 0 Å². The van der Waals surface area contributed by atoms with Crippen molar-refractivity contribution in [2.24, 2.45) is 5.73 Å². The van der Waals surface area contributed by atoms with E-state index in [9.17, 15) is 0 Å². The lowest BCUT2D eigenvalue weighted by Gasteiger charge is -2.27. The molecule has 0 bridgehead atoms. The third-order valence-electron chi connectivity index (χ3n) is 1.95. The SMILES string of the molecule is N=C(/C=C\N)N1CCCCC1. The Morgan fingerprint density at radius 2 is 1.91 bits per heavy atom. The monoisotopic (exact) mass is 153 g/mol. The third kappa shape index (κ3) is 2.26. The molecular formula is C8H15N3. The van der Waals surface area contributed by atoms with Crippen LogP contribution in [0.25, 0.3) is 0 Å². The van der Waals surface area contributed by atoms with Crippen LogP contribution in [0.3, 0.4) is 0 Å². The first-order chi connectivity index (χ1) is 5.34. The molecule has 3 nitrogen and oxygen atoms in total. The number of piperidine rings is 1. The van der Waals surface area contributed by atoms with Gasteiger partial charge in [0.15, 0.2) is 0 Å². The summed E-state index contributed by atoms with van der Waals surface area (Å²) in [6.07, 6.45) is 6.79. The second-order valence-corrected chi connectivity index (χ2v) is 2.79. The molecular weight excluding hydrogens is 138 g/mol. The molecule has 3 N–H and O–H groups in total. The molecule has 1 heterocycles. The molecule has 11 heavy (non-hydrogen) atoms. The van der Waals surface area contributed by atoms with Gasteiger partial charge in [-0.15, -0.1) is 0 Å². The normalized spacial score (nSPS) is 19.1. The van der Waals surface area contributed by atoms with Gasteiger partial charge in [-0.05, 0) is 31.5 Å². The number of nitrogens with one attached hydrogen (secondary N) is 1. The van der Waals surface area contributed by atoms with Gasteiger partial charge in [-0.2, -0.15) is 0 Å². The van der Waals surface area contributed by atoms with Gasteiger partial charge in [-0.3, -0.25) is 5.41 Å². The second kappa shape index (κ2) is 4.01. The predicted molar refractivity (Wildman–Crippen MR) is 46.5 cm³/mol. The van der Waals surface area contributed by atoms with Gasteiger partial charge in [-0.25, -0.2) is 0 Å². The Balaban J connectivity index is 2.38. The minimum Gasteiger partial charge on any atom is -0.404 e. The van der Waals surface area contributed by atoms with Crippen molar-refractivity contribution in [3.8, 4) is 0 Å². The van der Waals surface area contributed by atoms with Crippen LogP contribution < -0.4 is 5.73 Å². The highest BCUT2D eigenvalue weighted by Gasteiger charge is 2.10. The van der Waals surface area contributed by atoms with Crippen molar-refractivity contribution in [2.75, 3.05) is 13.1 Å². The van der Waals surface area contributed by atoms with Crippen molar-refractivity contribution in [3.05, 3.63) is 12.3 Å². The van der Waals surface area contributed by atoms with E-state index in [1.807, 2.05) is 0 Å². The first-order valence-electron chi connectivity index (χ1n) is 4.06. The summed E-state index contributed by atoms with van der Waals surface area (Å²) in [5.74, 6) is 0.548. The topological polar surface area (TPSA) is 53.1 Å². The molecule has 0 saturated carbocycles. The molecule has 0 unspecified atom stereocenters. The number of nitrogens with zero attached hydrogens (tertiary/aromatic N) is 1. The molecule has 1 aliphatic heterocycles. The number of likely N-dealkylation sites (tertiary alicyclic amines) is 1. The first kappa shape index (κ1) is 8.11. The zero-order chi connectivity index (χ0) is 8.10. The molecule has 62 valence electrons. The molecule has 0 aromatic carbocycles. The van der Waals surface area contributed by atoms with Crippen molar-refractivity contribution in [1.29, 1.82) is 5.41 Å². The van der Waals surface area contributed by atoms with Crippen LogP contribution in [0.15, 0.2) is 12.3 Å². The fourth-order valence-electron chi connectivity index (χ4n) is 1.33. The Morgan fingerprint density at radius 1 is 1.27 bits per heavy atom. The largest absolute Gasteiger partial charge is 0.404 e. The Labute approximate surface area is 67.4 Å². The molecule has 0 aromatic rings. The average Bonchev–Trinajstić information content (AvgIpc) is 2.07. The van der Waals surface area contributed by atoms with Crippen molar-refractivity contribution in [1.82, 2.24) is 4.90 Å². The van der Waals surface area contributed by atoms with Gasteiger partial charge in [0.25, 0.3) is 0 Å². The predicted octanol–water partition coefficient (Wildman–Crippen LogP) is 0.922. The highest BCUT2D eigenvalue weighted by atomic mass is 15.2. The van der Waals surface area contributed by atoms with Gasteiger partial charge in [0.1, 0.15) is 5.84 Å². The van der Waals surface area contributed by atoms with E-state index in [0.29, 0.717) is 5.84 Å². The fraction of sp³-hybridized carbons (Fsp3) is 0.625. The number of amidine groups is 1. The molecule has 3 heteroatoms. The van der Waals surface area contributed by atoms with Crippen LogP contribution in [0.5, 0.6) is 0 Å². The zero-order valence-corrected chi connectivity index (χ0v) is 6.71. The number of hydrogen-bond acceptors (Lipinski definition) is 2. The quantitative estimate of drug-likeness (QED) is 0.435. The zero-order valence-electron chi connectivity index (χ0n) is 6.71. The standard InChI is InChI=1S/C8H15N3/c9-5-4-8(10)11-6-2-1-3-7-11/h4-5,10H,1-3,6-7,9H2/b5-4-,10-8?. The minimum atomic E-state index is 0.548. The van der Waals surface area contributed by atoms with E-state index in [0.717, 1.165) is 13.1 Å². The van der Waals surface area contributed by atoms with Crippen LogP contribution in [0.2, 0.25) is 0 Å². The molecule has 0 spiro atoms. The van der Waals surface area contributed by atoms with Crippen LogP contribution in [0.1, 0.15) is 19.3 Å². The second-order valence-electron chi connectivity index (χ2n) is 2.79. The molecule has 1 fully saturated rings. The van der Waals surface area contributed by atoms with E-state index in [1.165, 1.54) is 25.5 Å². The minimum absolute atomic E-state index is 0.548. The van der Waals surface area contributed by atoms with Gasteiger partial charge in [0.05, 0.1) is 0 Å². The van der Waals surface area contributed by atoms with E-state index in [-0.39, 0.29) is 0 Å². The molecule has 0 radical (unpaired) electrons. The Hall–Kier alpha value is -0.990. The van der Waals surface area contributed by atoms with Crippen molar-refractivity contribution in [2.45, 2.75) is 19.3 Å². The molecule has 0 aliphatic carbocycles. The molecule has 1 aliphatic rings. The summed E-state index contributed by atoms with van der Waals surface area (Å²) in [5, 5.41) is 7.54. The summed E-state index contributed by atoms with van der Waals surface area (Å²) < 4.78 is 0. The number of rotatable bonds is 1. The van der Waals surface area contributed by atoms with Gasteiger partial charge < -0.3 is 10.6 Å². The highest BCUT2D eigenvalue weighted by Crippen LogP contribution is 2.08. The summed E-state index contributed by atoms with van der Waals surface area (Å²) in [6, 6.07) is 0. The van der Waals surface area contributed by atoms with E-state index < -0.39 is 0 Å². The van der Waals surface area contributed by atoms with Crippen molar-refractivity contribution in [3.63, 3.8) is 0 Å². The van der Waals surface area contributed by atoms with Gasteiger partial charge in [-0.1, -0.05) is 0 Å². The highest BCUT2D eigenvalue weighted by molar-refractivity contribution is 5.90. The molecule has 0 amide bonds. The van der Waals surface area contributed by atoms with E-state index in [2.05, 4.69) is 4.90 Å². The Morgan fingerprint density at radius 3 is 2.45 bits per heavy atom. The molecule has 0 aromatic heterocycles. The Bertz CT molecular complexity index is 157. The van der Waals surface area contributed by atoms with Crippen molar-refractivity contribution < 1.29 is 0 Å². The lowest BCUT2D eigenvalue weighted by atomic mass is 10.1. The van der Waals surface area contributed by atoms with Crippen LogP contribution in [0.4, 0.5) is 0 Å². The van der Waals surface area contributed by atoms with Crippen LogP contribution in [0, 0.1) is 5.41 Å². The lowest BCUT2D eigenvalue weighted by Crippen LogP contribution is -2.34. The summed E-state index contributed by atoms with van der Waals surface area (Å²) in [7, 11) is 0. The van der Waals surface area contributed by atoms with Gasteiger partial charge in [0, 0.05) is 13.1 Å². The number of hydrogen-bond donors (Lipinski definition) is 2. The molecule has 1 rings (SSSR count). The number of nitrogens with two attached hydrogens (primary N) is 1. The van der Waals surface area contributed by atoms with E-state index in [1.54, 1.807) is 6.08 Å². The smallest absolute Gasteiger partial charge is 0.122 e. The average molecular weight is 153 g/mol. The van der Waals surface area contributed by atoms with Crippen LogP contribution in [-0.4, -0.2) is 23.8 Å². The van der Waals surface area contributed by atoms with E-state index in [4.69, 9.17) is 11.1 Å². The fourth-order valence-corrected chi connectivity index (χ4v) is 1.33. The summed E-state index contributed by atoms with van der Waals surface area (Å²) in [5.41, 5.74) is 5.19. The first-order valence-corrected chi connectivity index (χ1v) is 4.06. The Kier molecular flexibility index (Phi) is 2.95. The third-order valence-corrected chi connectivity index (χ3v) is 1.95. The maximum Gasteiger partial charge on any atom is 0.122 e. The summed E-state index contributed by atoms with van der Waals surface area (Å²) in [6.45, 7) is 2.03. The van der Waals surface area contributed by atoms with Crippen molar-refractivity contribution >= 4 is 5.84 Å². The lowest BCUT2D eigenvalue weighted by molar-refractivity contribution is 0.342. The maximum absolute atomic E-state index is 7.54. The molecule has 1 saturated heterocycles. The maximum atomic E-state index is 7.54. The van der Waals surface area contributed by atoms with E-state index >= 15 is 0 Å².